The summed E-state index contributed by atoms with van der Waals surface area (Å²) in [6, 6.07) is 18.4. The largest absolute Gasteiger partial charge is 0.283 e. The maximum absolute atomic E-state index is 10.2. The highest BCUT2D eigenvalue weighted by Gasteiger charge is 2.07. The van der Waals surface area contributed by atoms with E-state index in [2.05, 4.69) is 36.8 Å². The van der Waals surface area contributed by atoms with Crippen LogP contribution >= 0.6 is 31.9 Å². The van der Waals surface area contributed by atoms with Crippen LogP contribution in [0.3, 0.4) is 0 Å². The molecule has 26 heavy (non-hydrogen) atoms. The molecule has 0 saturated carbocycles. The van der Waals surface area contributed by atoms with Crippen LogP contribution in [0.25, 0.3) is 0 Å². The number of hydrogen-bond donors (Lipinski definition) is 0. The zero-order chi connectivity index (χ0) is 19.4. The number of aromatic nitrogens is 1. The van der Waals surface area contributed by atoms with Crippen LogP contribution in [0.2, 0.25) is 0 Å². The summed E-state index contributed by atoms with van der Waals surface area (Å²) < 4.78 is 1.24. The lowest BCUT2D eigenvalue weighted by Gasteiger charge is -1.91. The molecule has 9 heteroatoms. The summed E-state index contributed by atoms with van der Waals surface area (Å²) in [5.74, 6) is 0. The number of hydrogen-bond acceptors (Lipinski definition) is 5. The van der Waals surface area contributed by atoms with E-state index in [0.717, 1.165) is 4.47 Å². The summed E-state index contributed by atoms with van der Waals surface area (Å²) in [4.78, 5) is 23.3. The van der Waals surface area contributed by atoms with Crippen molar-refractivity contribution in [2.45, 2.75) is 0 Å². The van der Waals surface area contributed by atoms with Crippen LogP contribution in [0.15, 0.2) is 88.1 Å². The van der Waals surface area contributed by atoms with Gasteiger partial charge in [-0.3, -0.25) is 25.2 Å². The first-order chi connectivity index (χ1) is 12.4. The smallest absolute Gasteiger partial charge is 0.265 e. The van der Waals surface area contributed by atoms with Gasteiger partial charge < -0.3 is 0 Å². The summed E-state index contributed by atoms with van der Waals surface area (Å²) in [6.45, 7) is 0. The Kier molecular flexibility index (Phi) is 9.73. The van der Waals surface area contributed by atoms with Crippen LogP contribution in [0.1, 0.15) is 0 Å². The second-order valence-corrected chi connectivity index (χ2v) is 6.24. The summed E-state index contributed by atoms with van der Waals surface area (Å²) >= 11 is 6.18. The van der Waals surface area contributed by atoms with E-state index in [0.29, 0.717) is 4.47 Å². The van der Waals surface area contributed by atoms with Crippen molar-refractivity contribution < 1.29 is 9.85 Å². The van der Waals surface area contributed by atoms with E-state index in [-0.39, 0.29) is 11.4 Å². The standard InChI is InChI=1S/2C6H4BrNO2.C5H5N/c7-5-2-1-3-6(4-5)8(9)10;7-5-3-1-2-4-6(5)8(9)10;1-2-4-6-5-3-1/h2*1-4H;1-5H. The first-order valence-electron chi connectivity index (χ1n) is 7.05. The first-order valence-corrected chi connectivity index (χ1v) is 8.64. The van der Waals surface area contributed by atoms with Crippen molar-refractivity contribution in [1.29, 1.82) is 0 Å². The van der Waals surface area contributed by atoms with Gasteiger partial charge in [-0.25, -0.2) is 0 Å². The minimum atomic E-state index is -0.427. The zero-order valence-electron chi connectivity index (χ0n) is 13.2. The lowest BCUT2D eigenvalue weighted by molar-refractivity contribution is -0.385. The number of benzene rings is 2. The normalized spacial score (nSPS) is 9.00. The van der Waals surface area contributed by atoms with Crippen molar-refractivity contribution in [1.82, 2.24) is 4.98 Å². The Labute approximate surface area is 166 Å². The van der Waals surface area contributed by atoms with Crippen LogP contribution in [0, 0.1) is 20.2 Å². The van der Waals surface area contributed by atoms with Crippen molar-refractivity contribution in [3.05, 3.63) is 108 Å². The van der Waals surface area contributed by atoms with E-state index in [1.165, 1.54) is 18.2 Å². The summed E-state index contributed by atoms with van der Waals surface area (Å²) in [6.07, 6.45) is 3.50. The van der Waals surface area contributed by atoms with Gasteiger partial charge in [0.25, 0.3) is 11.4 Å². The van der Waals surface area contributed by atoms with Gasteiger partial charge in [-0.05, 0) is 40.2 Å². The molecular weight excluding hydrogens is 470 g/mol. The number of non-ortho nitro benzene ring substituents is 1. The summed E-state index contributed by atoms with van der Waals surface area (Å²) in [5.41, 5.74) is 0.205. The highest BCUT2D eigenvalue weighted by atomic mass is 79.9. The number of para-hydroxylation sites is 1. The fourth-order valence-corrected chi connectivity index (χ4v) is 2.32. The fourth-order valence-electron chi connectivity index (χ4n) is 1.50. The molecule has 7 nitrogen and oxygen atoms in total. The number of pyridine rings is 1. The molecule has 0 spiro atoms. The molecule has 0 aliphatic carbocycles. The first kappa shape index (κ1) is 21.4. The van der Waals surface area contributed by atoms with Crippen LogP contribution in [0.4, 0.5) is 11.4 Å². The van der Waals surface area contributed by atoms with Gasteiger partial charge in [0.2, 0.25) is 0 Å². The number of nitro groups is 2. The summed E-state index contributed by atoms with van der Waals surface area (Å²) in [7, 11) is 0. The van der Waals surface area contributed by atoms with Gasteiger partial charge >= 0.3 is 0 Å². The molecular formula is C17H13Br2N3O4. The topological polar surface area (TPSA) is 99.2 Å². The Balaban J connectivity index is 0.000000201. The quantitative estimate of drug-likeness (QED) is 0.339. The second-order valence-electron chi connectivity index (χ2n) is 4.47. The molecule has 0 saturated heterocycles. The minimum Gasteiger partial charge on any atom is -0.265 e. The maximum Gasteiger partial charge on any atom is 0.283 e. The number of nitro benzene ring substituents is 2. The third kappa shape index (κ3) is 8.45. The molecule has 2 aromatic carbocycles. The molecule has 1 heterocycles. The molecule has 0 N–H and O–H groups in total. The molecule has 3 rings (SSSR count). The third-order valence-electron chi connectivity index (χ3n) is 2.63. The van der Waals surface area contributed by atoms with Gasteiger partial charge in [-0.15, -0.1) is 0 Å². The average molecular weight is 483 g/mol. The van der Waals surface area contributed by atoms with E-state index in [9.17, 15) is 20.2 Å². The monoisotopic (exact) mass is 481 g/mol. The van der Waals surface area contributed by atoms with Crippen molar-refractivity contribution in [3.63, 3.8) is 0 Å². The molecule has 0 bridgehead atoms. The van der Waals surface area contributed by atoms with Crippen molar-refractivity contribution >= 4 is 43.2 Å². The molecule has 1 aromatic heterocycles. The Morgan fingerprint density at radius 1 is 0.769 bits per heavy atom. The van der Waals surface area contributed by atoms with Crippen molar-refractivity contribution in [2.24, 2.45) is 0 Å². The molecule has 3 aromatic rings. The molecule has 0 fully saturated rings. The molecule has 0 unspecified atom stereocenters. The van der Waals surface area contributed by atoms with Gasteiger partial charge in [0.1, 0.15) is 0 Å². The molecule has 0 aliphatic rings. The maximum atomic E-state index is 10.2. The Bertz CT molecular complexity index is 821. The molecule has 134 valence electrons. The van der Waals surface area contributed by atoms with Gasteiger partial charge in [0.15, 0.2) is 0 Å². The molecule has 0 atom stereocenters. The van der Waals surface area contributed by atoms with Crippen LogP contribution in [0.5, 0.6) is 0 Å². The van der Waals surface area contributed by atoms with Gasteiger partial charge in [-0.1, -0.05) is 40.2 Å². The van der Waals surface area contributed by atoms with E-state index in [1.54, 1.807) is 42.7 Å². The Morgan fingerprint density at radius 3 is 1.77 bits per heavy atom. The highest BCUT2D eigenvalue weighted by molar-refractivity contribution is 9.10. The number of rotatable bonds is 2. The lowest BCUT2D eigenvalue weighted by Crippen LogP contribution is -1.87. The van der Waals surface area contributed by atoms with E-state index < -0.39 is 9.85 Å². The minimum absolute atomic E-state index is 0.0995. The van der Waals surface area contributed by atoms with Crippen LogP contribution < -0.4 is 0 Å². The lowest BCUT2D eigenvalue weighted by atomic mass is 10.3. The summed E-state index contributed by atoms with van der Waals surface area (Å²) in [5, 5.41) is 20.3. The molecule has 0 aliphatic heterocycles. The fraction of sp³-hybridized carbons (Fsp3) is 0. The van der Waals surface area contributed by atoms with Gasteiger partial charge in [0, 0.05) is 35.1 Å². The predicted molar refractivity (Wildman–Crippen MR) is 106 cm³/mol. The SMILES string of the molecule is O=[N+]([O-])c1cccc(Br)c1.O=[N+]([O-])c1ccccc1Br.c1ccncc1. The molecule has 0 amide bonds. The predicted octanol–water partition coefficient (Wildman–Crippen LogP) is 5.80. The highest BCUT2D eigenvalue weighted by Crippen LogP contribution is 2.22. The van der Waals surface area contributed by atoms with Gasteiger partial charge in [-0.2, -0.15) is 0 Å². The van der Waals surface area contributed by atoms with Crippen LogP contribution in [-0.2, 0) is 0 Å². The van der Waals surface area contributed by atoms with Crippen molar-refractivity contribution in [2.75, 3.05) is 0 Å². The average Bonchev–Trinajstić information content (AvgIpc) is 2.64. The second kappa shape index (κ2) is 11.8. The van der Waals surface area contributed by atoms with E-state index in [1.807, 2.05) is 18.2 Å². The van der Waals surface area contributed by atoms with E-state index in [4.69, 9.17) is 0 Å². The van der Waals surface area contributed by atoms with Crippen LogP contribution in [-0.4, -0.2) is 14.8 Å². The third-order valence-corrected chi connectivity index (χ3v) is 3.80. The Hall–Kier alpha value is -2.65. The number of halogens is 2. The van der Waals surface area contributed by atoms with Crippen molar-refractivity contribution in [3.8, 4) is 0 Å². The van der Waals surface area contributed by atoms with E-state index >= 15 is 0 Å². The Morgan fingerprint density at radius 2 is 1.42 bits per heavy atom. The zero-order valence-corrected chi connectivity index (χ0v) is 16.4. The number of nitrogens with zero attached hydrogens (tertiary/aromatic N) is 3. The molecule has 0 radical (unpaired) electrons. The van der Waals surface area contributed by atoms with Gasteiger partial charge in [0.05, 0.1) is 14.3 Å².